The molecule has 0 aromatic carbocycles. The smallest absolute Gasteiger partial charge is 0.283 e. The van der Waals surface area contributed by atoms with E-state index in [0.29, 0.717) is 7.55 Å². The summed E-state index contributed by atoms with van der Waals surface area (Å²) in [5.74, 6) is 0. The van der Waals surface area contributed by atoms with Gasteiger partial charge in [0.25, 0.3) is 7.55 Å². The van der Waals surface area contributed by atoms with Gasteiger partial charge in [-0.1, -0.05) is 19.3 Å². The van der Waals surface area contributed by atoms with Gasteiger partial charge in [0.15, 0.2) is 0 Å². The van der Waals surface area contributed by atoms with Crippen molar-refractivity contribution < 1.29 is 0 Å². The summed E-state index contributed by atoms with van der Waals surface area (Å²) >= 11 is 0. The van der Waals surface area contributed by atoms with Crippen LogP contribution in [0.1, 0.15) is 32.1 Å². The van der Waals surface area contributed by atoms with Crippen molar-refractivity contribution in [1.82, 2.24) is 5.23 Å². The van der Waals surface area contributed by atoms with Crippen LogP contribution in [0.5, 0.6) is 0 Å². The predicted octanol–water partition coefficient (Wildman–Crippen LogP) is 0.134. The molecule has 0 heterocycles. The SMILES string of the molecule is NBNC1CCCCC1. The molecule has 1 saturated carbocycles. The second-order valence-corrected chi connectivity index (χ2v) is 2.74. The van der Waals surface area contributed by atoms with Crippen LogP contribution in [0.2, 0.25) is 0 Å². The summed E-state index contributed by atoms with van der Waals surface area (Å²) in [4.78, 5) is 0. The van der Waals surface area contributed by atoms with E-state index >= 15 is 0 Å². The maximum Gasteiger partial charge on any atom is 0.283 e. The number of hydrogen-bond acceptors (Lipinski definition) is 2. The average molecular weight is 126 g/mol. The maximum atomic E-state index is 5.35. The van der Waals surface area contributed by atoms with Crippen LogP contribution in [-0.4, -0.2) is 13.6 Å². The van der Waals surface area contributed by atoms with Crippen molar-refractivity contribution >= 4 is 7.55 Å². The van der Waals surface area contributed by atoms with Crippen LogP contribution in [0.15, 0.2) is 0 Å². The van der Waals surface area contributed by atoms with Gasteiger partial charge in [0.1, 0.15) is 0 Å². The lowest BCUT2D eigenvalue weighted by Crippen LogP contribution is -2.38. The minimum atomic E-state index is 0.644. The van der Waals surface area contributed by atoms with Gasteiger partial charge in [-0.3, -0.25) is 0 Å². The third-order valence-electron chi connectivity index (χ3n) is 2.01. The minimum absolute atomic E-state index is 0.644. The molecule has 2 nitrogen and oxygen atoms in total. The van der Waals surface area contributed by atoms with E-state index in [9.17, 15) is 0 Å². The summed E-state index contributed by atoms with van der Waals surface area (Å²) in [7, 11) is 0.644. The van der Waals surface area contributed by atoms with Crippen LogP contribution in [0, 0.1) is 0 Å². The zero-order valence-electron chi connectivity index (χ0n) is 5.90. The molecule has 1 fully saturated rings. The molecule has 0 unspecified atom stereocenters. The van der Waals surface area contributed by atoms with Gasteiger partial charge in [0.2, 0.25) is 0 Å². The largest absolute Gasteiger partial charge is 0.359 e. The van der Waals surface area contributed by atoms with Crippen LogP contribution < -0.4 is 10.9 Å². The topological polar surface area (TPSA) is 38.0 Å². The first-order valence-corrected chi connectivity index (χ1v) is 3.87. The van der Waals surface area contributed by atoms with Crippen molar-refractivity contribution in [3.63, 3.8) is 0 Å². The van der Waals surface area contributed by atoms with Gasteiger partial charge in [0.05, 0.1) is 0 Å². The molecule has 1 aliphatic carbocycles. The molecule has 0 atom stereocenters. The fraction of sp³-hybridized carbons (Fsp3) is 1.00. The van der Waals surface area contributed by atoms with E-state index in [1.54, 1.807) is 0 Å². The molecule has 0 aromatic heterocycles. The van der Waals surface area contributed by atoms with Gasteiger partial charge in [-0.25, -0.2) is 0 Å². The molecule has 3 heteroatoms. The molecule has 1 aliphatic rings. The lowest BCUT2D eigenvalue weighted by atomic mass is 9.93. The Morgan fingerprint density at radius 2 is 1.89 bits per heavy atom. The molecular weight excluding hydrogens is 111 g/mol. The summed E-state index contributed by atoms with van der Waals surface area (Å²) in [5, 5.41) is 3.26. The molecule has 0 spiro atoms. The van der Waals surface area contributed by atoms with E-state index in [0.717, 1.165) is 6.04 Å². The summed E-state index contributed by atoms with van der Waals surface area (Å²) in [5.41, 5.74) is 5.35. The highest BCUT2D eigenvalue weighted by Crippen LogP contribution is 2.16. The molecule has 1 rings (SSSR count). The summed E-state index contributed by atoms with van der Waals surface area (Å²) in [6, 6.07) is 0.726. The Bertz CT molecular complexity index is 68.7. The van der Waals surface area contributed by atoms with Crippen molar-refractivity contribution in [3.8, 4) is 0 Å². The standard InChI is InChI=1S/C6H15BN2/c8-7-9-6-4-2-1-3-5-6/h6-7,9H,1-5,8H2. The highest BCUT2D eigenvalue weighted by molar-refractivity contribution is 6.27. The van der Waals surface area contributed by atoms with Gasteiger partial charge < -0.3 is 10.9 Å². The molecule has 9 heavy (non-hydrogen) atoms. The molecule has 0 radical (unpaired) electrons. The highest BCUT2D eigenvalue weighted by atomic mass is 14.9. The zero-order chi connectivity index (χ0) is 6.53. The van der Waals surface area contributed by atoms with Crippen molar-refractivity contribution in [2.24, 2.45) is 5.64 Å². The first-order valence-electron chi connectivity index (χ1n) is 3.87. The fourth-order valence-electron chi connectivity index (χ4n) is 1.47. The molecule has 0 bridgehead atoms. The Balaban J connectivity index is 2.08. The number of hydrogen-bond donors (Lipinski definition) is 2. The van der Waals surface area contributed by atoms with Crippen LogP contribution in [0.4, 0.5) is 0 Å². The lowest BCUT2D eigenvalue weighted by Gasteiger charge is -2.21. The highest BCUT2D eigenvalue weighted by Gasteiger charge is 2.10. The number of nitrogens with two attached hydrogens (primary N) is 1. The Labute approximate surface area is 57.5 Å². The van der Waals surface area contributed by atoms with Crippen LogP contribution in [-0.2, 0) is 0 Å². The summed E-state index contributed by atoms with van der Waals surface area (Å²) in [6.45, 7) is 0. The van der Waals surface area contributed by atoms with E-state index < -0.39 is 0 Å². The van der Waals surface area contributed by atoms with Gasteiger partial charge in [-0.15, -0.1) is 0 Å². The quantitative estimate of drug-likeness (QED) is 0.516. The van der Waals surface area contributed by atoms with Gasteiger partial charge in [-0.05, 0) is 18.9 Å². The lowest BCUT2D eigenvalue weighted by molar-refractivity contribution is 0.418. The van der Waals surface area contributed by atoms with Crippen molar-refractivity contribution in [2.45, 2.75) is 38.1 Å². The molecular formula is C6H15BN2. The third-order valence-corrected chi connectivity index (χ3v) is 2.01. The Morgan fingerprint density at radius 1 is 1.22 bits per heavy atom. The average Bonchev–Trinajstić information content (AvgIpc) is 1.91. The van der Waals surface area contributed by atoms with Crippen LogP contribution in [0.25, 0.3) is 0 Å². The van der Waals surface area contributed by atoms with Gasteiger partial charge >= 0.3 is 0 Å². The molecule has 0 aliphatic heterocycles. The third kappa shape index (κ3) is 2.37. The summed E-state index contributed by atoms with van der Waals surface area (Å²) in [6.07, 6.45) is 6.85. The summed E-state index contributed by atoms with van der Waals surface area (Å²) < 4.78 is 0. The number of nitrogens with one attached hydrogen (secondary N) is 1. The Hall–Kier alpha value is -0.0151. The van der Waals surface area contributed by atoms with Gasteiger partial charge in [0, 0.05) is 0 Å². The Kier molecular flexibility index (Phi) is 3.08. The van der Waals surface area contributed by atoms with Crippen molar-refractivity contribution in [3.05, 3.63) is 0 Å². The van der Waals surface area contributed by atoms with E-state index in [4.69, 9.17) is 5.64 Å². The monoisotopic (exact) mass is 126 g/mol. The van der Waals surface area contributed by atoms with Crippen molar-refractivity contribution in [2.75, 3.05) is 0 Å². The fourth-order valence-corrected chi connectivity index (χ4v) is 1.47. The van der Waals surface area contributed by atoms with E-state index in [1.807, 2.05) is 0 Å². The first-order chi connectivity index (χ1) is 4.43. The number of rotatable bonds is 2. The predicted molar refractivity (Wildman–Crippen MR) is 41.3 cm³/mol. The van der Waals surface area contributed by atoms with Crippen LogP contribution in [0.3, 0.4) is 0 Å². The maximum absolute atomic E-state index is 5.35. The normalized spacial score (nSPS) is 21.9. The zero-order valence-corrected chi connectivity index (χ0v) is 5.90. The molecule has 3 N–H and O–H groups in total. The molecule has 0 saturated heterocycles. The van der Waals surface area contributed by atoms with E-state index in [-0.39, 0.29) is 0 Å². The second kappa shape index (κ2) is 3.91. The van der Waals surface area contributed by atoms with E-state index in [2.05, 4.69) is 5.23 Å². The van der Waals surface area contributed by atoms with Gasteiger partial charge in [-0.2, -0.15) is 0 Å². The van der Waals surface area contributed by atoms with Crippen LogP contribution >= 0.6 is 0 Å². The Morgan fingerprint density at radius 3 is 2.44 bits per heavy atom. The molecule has 0 aromatic rings. The second-order valence-electron chi connectivity index (χ2n) is 2.74. The minimum Gasteiger partial charge on any atom is -0.359 e. The molecule has 0 amide bonds. The van der Waals surface area contributed by atoms with E-state index in [1.165, 1.54) is 32.1 Å². The first kappa shape index (κ1) is 7.10. The van der Waals surface area contributed by atoms with Crippen molar-refractivity contribution in [1.29, 1.82) is 0 Å². The molecule has 52 valence electrons.